The van der Waals surface area contributed by atoms with Gasteiger partial charge < -0.3 is 4.98 Å². The number of fused-ring (bicyclic) bond motifs is 1. The molecule has 0 aliphatic carbocycles. The van der Waals surface area contributed by atoms with Crippen molar-refractivity contribution in [3.63, 3.8) is 0 Å². The SMILES string of the molecule is C=Cc1c[nH]c2cncc(Br)c12. The third kappa shape index (κ3) is 0.975. The Bertz CT molecular complexity index is 431. The van der Waals surface area contributed by atoms with E-state index in [1.54, 1.807) is 12.4 Å². The summed E-state index contributed by atoms with van der Waals surface area (Å²) in [4.78, 5) is 7.16. The molecule has 0 unspecified atom stereocenters. The summed E-state index contributed by atoms with van der Waals surface area (Å²) < 4.78 is 0.996. The number of halogens is 1. The standard InChI is InChI=1S/C9H7BrN2/c1-2-6-3-12-8-5-11-4-7(10)9(6)8/h2-5,12H,1H2. The van der Waals surface area contributed by atoms with E-state index in [1.807, 2.05) is 12.3 Å². The highest BCUT2D eigenvalue weighted by Gasteiger charge is 2.03. The Hall–Kier alpha value is -1.09. The molecular weight excluding hydrogens is 216 g/mol. The van der Waals surface area contributed by atoms with E-state index in [0.29, 0.717) is 0 Å². The van der Waals surface area contributed by atoms with Crippen LogP contribution in [0.15, 0.2) is 29.6 Å². The van der Waals surface area contributed by atoms with Gasteiger partial charge in [-0.15, -0.1) is 0 Å². The third-order valence-electron chi connectivity index (χ3n) is 1.79. The summed E-state index contributed by atoms with van der Waals surface area (Å²) in [5.41, 5.74) is 2.12. The highest BCUT2D eigenvalue weighted by atomic mass is 79.9. The molecule has 0 amide bonds. The van der Waals surface area contributed by atoms with E-state index in [9.17, 15) is 0 Å². The molecule has 0 aliphatic heterocycles. The zero-order valence-corrected chi connectivity index (χ0v) is 7.93. The second-order valence-electron chi connectivity index (χ2n) is 2.49. The zero-order valence-electron chi connectivity index (χ0n) is 6.34. The van der Waals surface area contributed by atoms with Gasteiger partial charge in [-0.2, -0.15) is 0 Å². The molecule has 1 N–H and O–H groups in total. The van der Waals surface area contributed by atoms with Crippen molar-refractivity contribution in [3.8, 4) is 0 Å². The fourth-order valence-electron chi connectivity index (χ4n) is 1.23. The van der Waals surface area contributed by atoms with E-state index in [-0.39, 0.29) is 0 Å². The van der Waals surface area contributed by atoms with Crippen molar-refractivity contribution in [1.82, 2.24) is 9.97 Å². The summed E-state index contributed by atoms with van der Waals surface area (Å²) in [7, 11) is 0. The second kappa shape index (κ2) is 2.75. The number of H-pyrrole nitrogens is 1. The summed E-state index contributed by atoms with van der Waals surface area (Å²) in [6.45, 7) is 3.73. The topological polar surface area (TPSA) is 28.7 Å². The van der Waals surface area contributed by atoms with E-state index in [4.69, 9.17) is 0 Å². The summed E-state index contributed by atoms with van der Waals surface area (Å²) in [5.74, 6) is 0. The van der Waals surface area contributed by atoms with Gasteiger partial charge in [0, 0.05) is 27.8 Å². The molecule has 0 atom stereocenters. The summed E-state index contributed by atoms with van der Waals surface area (Å²) >= 11 is 3.44. The first-order valence-electron chi connectivity index (χ1n) is 3.56. The molecule has 2 heterocycles. The van der Waals surface area contributed by atoms with Crippen molar-refractivity contribution in [2.24, 2.45) is 0 Å². The molecule has 0 aromatic carbocycles. The maximum atomic E-state index is 4.05. The Labute approximate surface area is 78.4 Å². The minimum atomic E-state index is 0.996. The molecule has 0 spiro atoms. The lowest BCUT2D eigenvalue weighted by Crippen LogP contribution is -1.74. The van der Waals surface area contributed by atoms with Crippen molar-refractivity contribution in [3.05, 3.63) is 35.2 Å². The molecule has 3 heteroatoms. The van der Waals surface area contributed by atoms with Crippen LogP contribution in [-0.4, -0.2) is 9.97 Å². The number of hydrogen-bond donors (Lipinski definition) is 1. The molecular formula is C9H7BrN2. The van der Waals surface area contributed by atoms with Crippen LogP contribution in [0.1, 0.15) is 5.56 Å². The van der Waals surface area contributed by atoms with E-state index < -0.39 is 0 Å². The lowest BCUT2D eigenvalue weighted by atomic mass is 10.2. The molecule has 60 valence electrons. The largest absolute Gasteiger partial charge is 0.359 e. The number of pyridine rings is 1. The highest BCUT2D eigenvalue weighted by Crippen LogP contribution is 2.26. The van der Waals surface area contributed by atoms with Crippen LogP contribution < -0.4 is 0 Å². The average molecular weight is 223 g/mol. The van der Waals surface area contributed by atoms with Gasteiger partial charge in [-0.25, -0.2) is 0 Å². The monoisotopic (exact) mass is 222 g/mol. The fraction of sp³-hybridized carbons (Fsp3) is 0. The van der Waals surface area contributed by atoms with Crippen molar-refractivity contribution < 1.29 is 0 Å². The molecule has 2 nitrogen and oxygen atoms in total. The smallest absolute Gasteiger partial charge is 0.0658 e. The summed E-state index contributed by atoms with van der Waals surface area (Å²) in [5, 5.41) is 1.14. The Morgan fingerprint density at radius 3 is 3.08 bits per heavy atom. The number of hydrogen-bond acceptors (Lipinski definition) is 1. The minimum absolute atomic E-state index is 0.996. The quantitative estimate of drug-likeness (QED) is 0.790. The van der Waals surface area contributed by atoms with Gasteiger partial charge in [0.15, 0.2) is 0 Å². The molecule has 0 fully saturated rings. The summed E-state index contributed by atoms with van der Waals surface area (Å²) in [6, 6.07) is 0. The first-order chi connectivity index (χ1) is 5.83. The molecule has 0 radical (unpaired) electrons. The van der Waals surface area contributed by atoms with Crippen molar-refractivity contribution in [2.45, 2.75) is 0 Å². The van der Waals surface area contributed by atoms with Crippen molar-refractivity contribution >= 4 is 32.9 Å². The number of nitrogens with zero attached hydrogens (tertiary/aromatic N) is 1. The number of aromatic nitrogens is 2. The van der Waals surface area contributed by atoms with Crippen molar-refractivity contribution in [1.29, 1.82) is 0 Å². The molecule has 2 aromatic rings. The van der Waals surface area contributed by atoms with Gasteiger partial charge in [-0.05, 0) is 15.9 Å². The van der Waals surface area contributed by atoms with Crippen molar-refractivity contribution in [2.75, 3.05) is 0 Å². The predicted octanol–water partition coefficient (Wildman–Crippen LogP) is 2.97. The normalized spacial score (nSPS) is 10.4. The second-order valence-corrected chi connectivity index (χ2v) is 3.35. The van der Waals surface area contributed by atoms with Crippen LogP contribution in [0.2, 0.25) is 0 Å². The van der Waals surface area contributed by atoms with Crippen LogP contribution >= 0.6 is 15.9 Å². The Morgan fingerprint density at radius 2 is 2.33 bits per heavy atom. The lowest BCUT2D eigenvalue weighted by Gasteiger charge is -1.93. The van der Waals surface area contributed by atoms with E-state index >= 15 is 0 Å². The van der Waals surface area contributed by atoms with Crippen LogP contribution in [0.25, 0.3) is 17.0 Å². The average Bonchev–Trinajstić information content (AvgIpc) is 2.49. The molecule has 2 aromatic heterocycles. The fourth-order valence-corrected chi connectivity index (χ4v) is 1.79. The van der Waals surface area contributed by atoms with Gasteiger partial charge >= 0.3 is 0 Å². The molecule has 0 aliphatic rings. The van der Waals surface area contributed by atoms with Gasteiger partial charge in [-0.1, -0.05) is 12.7 Å². The van der Waals surface area contributed by atoms with Gasteiger partial charge in [-0.3, -0.25) is 4.98 Å². The van der Waals surface area contributed by atoms with E-state index in [0.717, 1.165) is 20.9 Å². The van der Waals surface area contributed by atoms with Crippen LogP contribution in [-0.2, 0) is 0 Å². The van der Waals surface area contributed by atoms with Gasteiger partial charge in [0.05, 0.1) is 11.7 Å². The van der Waals surface area contributed by atoms with E-state index in [1.165, 1.54) is 0 Å². The minimum Gasteiger partial charge on any atom is -0.359 e. The first-order valence-corrected chi connectivity index (χ1v) is 4.35. The number of rotatable bonds is 1. The zero-order chi connectivity index (χ0) is 8.55. The van der Waals surface area contributed by atoms with Crippen LogP contribution in [0.5, 0.6) is 0 Å². The molecule has 12 heavy (non-hydrogen) atoms. The number of nitrogens with one attached hydrogen (secondary N) is 1. The molecule has 2 rings (SSSR count). The van der Waals surface area contributed by atoms with Gasteiger partial charge in [0.25, 0.3) is 0 Å². The van der Waals surface area contributed by atoms with Crippen LogP contribution in [0.4, 0.5) is 0 Å². The Balaban J connectivity index is 2.91. The maximum Gasteiger partial charge on any atom is 0.0658 e. The Kier molecular flexibility index (Phi) is 1.73. The molecule has 0 bridgehead atoms. The number of aromatic amines is 1. The van der Waals surface area contributed by atoms with Gasteiger partial charge in [0.2, 0.25) is 0 Å². The lowest BCUT2D eigenvalue weighted by molar-refractivity contribution is 1.33. The van der Waals surface area contributed by atoms with Crippen LogP contribution in [0.3, 0.4) is 0 Å². The molecule has 0 saturated heterocycles. The van der Waals surface area contributed by atoms with Crippen LogP contribution in [0, 0.1) is 0 Å². The predicted molar refractivity (Wildman–Crippen MR) is 53.9 cm³/mol. The highest BCUT2D eigenvalue weighted by molar-refractivity contribution is 9.10. The summed E-state index contributed by atoms with van der Waals surface area (Å²) in [6.07, 6.45) is 7.32. The third-order valence-corrected chi connectivity index (χ3v) is 2.39. The van der Waals surface area contributed by atoms with Gasteiger partial charge in [0.1, 0.15) is 0 Å². The molecule has 0 saturated carbocycles. The van der Waals surface area contributed by atoms with E-state index in [2.05, 4.69) is 32.5 Å². The first kappa shape index (κ1) is 7.55. The maximum absolute atomic E-state index is 4.05. The Morgan fingerprint density at radius 1 is 1.50 bits per heavy atom.